The van der Waals surface area contributed by atoms with E-state index in [1.165, 1.54) is 24.8 Å². The Morgan fingerprint density at radius 3 is 2.59 bits per heavy atom. The second-order valence-corrected chi connectivity index (χ2v) is 7.40. The van der Waals surface area contributed by atoms with E-state index in [-0.39, 0.29) is 0 Å². The van der Waals surface area contributed by atoms with Crippen molar-refractivity contribution in [1.82, 2.24) is 10.6 Å². The largest absolute Gasteiger partial charge is 0.493 e. The first-order valence-electron chi connectivity index (χ1n) is 9.96. The molecule has 6 heteroatoms. The number of hydrogen-bond donors (Lipinski definition) is 2. The molecule has 0 bridgehead atoms. The summed E-state index contributed by atoms with van der Waals surface area (Å²) in [5, 5.41) is 7.07. The van der Waals surface area contributed by atoms with Gasteiger partial charge in [0.25, 0.3) is 0 Å². The van der Waals surface area contributed by atoms with Crippen molar-refractivity contribution in [3.63, 3.8) is 0 Å². The van der Waals surface area contributed by atoms with Gasteiger partial charge in [-0.25, -0.2) is 0 Å². The quantitative estimate of drug-likeness (QED) is 0.540. The minimum atomic E-state index is 0.330. The Labute approximate surface area is 162 Å². The molecule has 0 aliphatic heterocycles. The molecule has 2 saturated carbocycles. The van der Waals surface area contributed by atoms with Gasteiger partial charge in [0.15, 0.2) is 17.5 Å². The molecular formula is C21H33N3O3. The van der Waals surface area contributed by atoms with Gasteiger partial charge in [0, 0.05) is 31.7 Å². The van der Waals surface area contributed by atoms with Crippen molar-refractivity contribution in [2.45, 2.75) is 51.2 Å². The van der Waals surface area contributed by atoms with Crippen LogP contribution in [0.4, 0.5) is 0 Å². The molecule has 0 amide bonds. The van der Waals surface area contributed by atoms with Crippen LogP contribution < -0.4 is 20.1 Å². The summed E-state index contributed by atoms with van der Waals surface area (Å²) in [6, 6.07) is 6.51. The highest BCUT2D eigenvalue weighted by molar-refractivity contribution is 5.80. The number of benzene rings is 1. The number of guanidine groups is 1. The van der Waals surface area contributed by atoms with Gasteiger partial charge in [-0.1, -0.05) is 12.5 Å². The minimum Gasteiger partial charge on any atom is -0.493 e. The maximum atomic E-state index is 5.94. The molecule has 0 heterocycles. The van der Waals surface area contributed by atoms with Crippen LogP contribution in [0, 0.1) is 5.41 Å². The van der Waals surface area contributed by atoms with Crippen LogP contribution in [-0.4, -0.2) is 52.5 Å². The molecule has 2 aliphatic carbocycles. The predicted octanol–water partition coefficient (Wildman–Crippen LogP) is 2.76. The van der Waals surface area contributed by atoms with Crippen LogP contribution in [0.1, 0.15) is 38.2 Å². The van der Waals surface area contributed by atoms with Gasteiger partial charge < -0.3 is 24.8 Å². The predicted molar refractivity (Wildman–Crippen MR) is 108 cm³/mol. The summed E-state index contributed by atoms with van der Waals surface area (Å²) >= 11 is 0. The van der Waals surface area contributed by atoms with Gasteiger partial charge in [0.2, 0.25) is 0 Å². The fraction of sp³-hybridized carbons (Fsp3) is 0.667. The standard InChI is InChI=1S/C21H33N3O3/c1-5-27-19-14-18(21(19)10-6-11-21)24-20(22-2)23-12-9-15-7-8-16(25-3)17(13-15)26-4/h7-8,13,18-19H,5-6,9-12,14H2,1-4H3,(H2,22,23,24). The van der Waals surface area contributed by atoms with Gasteiger partial charge in [0.1, 0.15) is 0 Å². The molecule has 0 saturated heterocycles. The first-order chi connectivity index (χ1) is 13.2. The molecule has 0 radical (unpaired) electrons. The lowest BCUT2D eigenvalue weighted by Crippen LogP contribution is -2.68. The van der Waals surface area contributed by atoms with Crippen molar-refractivity contribution in [2.75, 3.05) is 34.4 Å². The van der Waals surface area contributed by atoms with Gasteiger partial charge >= 0.3 is 0 Å². The van der Waals surface area contributed by atoms with Gasteiger partial charge in [0.05, 0.1) is 20.3 Å². The molecular weight excluding hydrogens is 342 g/mol. The van der Waals surface area contributed by atoms with E-state index in [1.54, 1.807) is 14.2 Å². The summed E-state index contributed by atoms with van der Waals surface area (Å²) in [6.07, 6.45) is 6.21. The van der Waals surface area contributed by atoms with Gasteiger partial charge in [-0.15, -0.1) is 0 Å². The number of hydrogen-bond acceptors (Lipinski definition) is 4. The van der Waals surface area contributed by atoms with Crippen LogP contribution >= 0.6 is 0 Å². The molecule has 1 aromatic carbocycles. The molecule has 3 rings (SSSR count). The number of rotatable bonds is 8. The molecule has 150 valence electrons. The third-order valence-electron chi connectivity index (χ3n) is 6.13. The highest BCUT2D eigenvalue weighted by Gasteiger charge is 2.59. The topological polar surface area (TPSA) is 64.1 Å². The summed E-state index contributed by atoms with van der Waals surface area (Å²) < 4.78 is 16.6. The Morgan fingerprint density at radius 1 is 1.22 bits per heavy atom. The summed E-state index contributed by atoms with van der Waals surface area (Å²) in [4.78, 5) is 4.41. The molecule has 0 aromatic heterocycles. The van der Waals surface area contributed by atoms with Crippen LogP contribution in [0.25, 0.3) is 0 Å². The second-order valence-electron chi connectivity index (χ2n) is 7.40. The van der Waals surface area contributed by atoms with Gasteiger partial charge in [-0.05, 0) is 50.3 Å². The number of nitrogens with zero attached hydrogens (tertiary/aromatic N) is 1. The van der Waals surface area contributed by atoms with E-state index in [4.69, 9.17) is 14.2 Å². The molecule has 2 atom stereocenters. The highest BCUT2D eigenvalue weighted by Crippen LogP contribution is 2.57. The first-order valence-corrected chi connectivity index (χ1v) is 9.96. The maximum absolute atomic E-state index is 5.94. The molecule has 2 aliphatic rings. The summed E-state index contributed by atoms with van der Waals surface area (Å²) in [5.74, 6) is 2.40. The Morgan fingerprint density at radius 2 is 2.00 bits per heavy atom. The smallest absolute Gasteiger partial charge is 0.191 e. The monoisotopic (exact) mass is 375 g/mol. The zero-order chi connectivity index (χ0) is 19.3. The van der Waals surface area contributed by atoms with Crippen molar-refractivity contribution in [3.8, 4) is 11.5 Å². The minimum absolute atomic E-state index is 0.330. The molecule has 2 fully saturated rings. The van der Waals surface area contributed by atoms with Crippen molar-refractivity contribution in [1.29, 1.82) is 0 Å². The Kier molecular flexibility index (Phi) is 6.47. The lowest BCUT2D eigenvalue weighted by atomic mass is 9.51. The van der Waals surface area contributed by atoms with E-state index < -0.39 is 0 Å². The number of aliphatic imine (C=N–C) groups is 1. The van der Waals surface area contributed by atoms with E-state index in [2.05, 4.69) is 28.6 Å². The van der Waals surface area contributed by atoms with Crippen LogP contribution in [0.5, 0.6) is 11.5 Å². The molecule has 6 nitrogen and oxygen atoms in total. The zero-order valence-corrected chi connectivity index (χ0v) is 17.0. The lowest BCUT2D eigenvalue weighted by molar-refractivity contribution is -0.168. The van der Waals surface area contributed by atoms with Crippen LogP contribution in [-0.2, 0) is 11.2 Å². The molecule has 1 aromatic rings. The van der Waals surface area contributed by atoms with Gasteiger partial charge in [-0.3, -0.25) is 4.99 Å². The molecule has 1 spiro atoms. The van der Waals surface area contributed by atoms with E-state index in [0.717, 1.165) is 43.5 Å². The van der Waals surface area contributed by atoms with Crippen molar-refractivity contribution >= 4 is 5.96 Å². The van der Waals surface area contributed by atoms with Crippen molar-refractivity contribution < 1.29 is 14.2 Å². The SMILES string of the molecule is CCOC1CC(NC(=NC)NCCc2ccc(OC)c(OC)c2)C12CCC2. The zero-order valence-electron chi connectivity index (χ0n) is 17.0. The Bertz CT molecular complexity index is 658. The van der Waals surface area contributed by atoms with E-state index in [1.807, 2.05) is 19.2 Å². The molecule has 27 heavy (non-hydrogen) atoms. The number of nitrogens with one attached hydrogen (secondary N) is 2. The van der Waals surface area contributed by atoms with Crippen LogP contribution in [0.3, 0.4) is 0 Å². The summed E-state index contributed by atoms with van der Waals surface area (Å²) in [7, 11) is 5.15. The number of ether oxygens (including phenoxy) is 3. The first kappa shape index (κ1) is 19.8. The maximum Gasteiger partial charge on any atom is 0.191 e. The normalized spacial score (nSPS) is 23.3. The Balaban J connectivity index is 1.49. The lowest BCUT2D eigenvalue weighted by Gasteiger charge is -2.61. The number of methoxy groups -OCH3 is 2. The highest BCUT2D eigenvalue weighted by atomic mass is 16.5. The average Bonchev–Trinajstić information content (AvgIpc) is 2.64. The van der Waals surface area contributed by atoms with E-state index >= 15 is 0 Å². The van der Waals surface area contributed by atoms with Crippen LogP contribution in [0.2, 0.25) is 0 Å². The van der Waals surface area contributed by atoms with Crippen molar-refractivity contribution in [2.24, 2.45) is 10.4 Å². The third-order valence-corrected chi connectivity index (χ3v) is 6.13. The van der Waals surface area contributed by atoms with Crippen molar-refractivity contribution in [3.05, 3.63) is 23.8 Å². The van der Waals surface area contributed by atoms with E-state index in [0.29, 0.717) is 17.6 Å². The molecule has 2 unspecified atom stereocenters. The van der Waals surface area contributed by atoms with Gasteiger partial charge in [-0.2, -0.15) is 0 Å². The third kappa shape index (κ3) is 4.00. The average molecular weight is 376 g/mol. The Hall–Kier alpha value is -1.95. The fourth-order valence-corrected chi connectivity index (χ4v) is 4.36. The van der Waals surface area contributed by atoms with Crippen LogP contribution in [0.15, 0.2) is 23.2 Å². The summed E-state index contributed by atoms with van der Waals surface area (Å²) in [5.41, 5.74) is 1.53. The fourth-order valence-electron chi connectivity index (χ4n) is 4.36. The second kappa shape index (κ2) is 8.83. The summed E-state index contributed by atoms with van der Waals surface area (Å²) in [6.45, 7) is 3.70. The van der Waals surface area contributed by atoms with E-state index in [9.17, 15) is 0 Å². The molecule has 2 N–H and O–H groups in total.